The molecule has 1 aromatic rings. The standard InChI is InChI=1S/C11H20N6.HI/c1-3-6-13-11(12-2)14-8-10-16-15-9-5-4-7-17(9)10;/h3-8H2,1-2H3,(H2,12,13,14);1H. The van der Waals surface area contributed by atoms with Gasteiger partial charge in [-0.15, -0.1) is 34.2 Å². The molecule has 1 aliphatic heterocycles. The number of nitrogens with zero attached hydrogens (tertiary/aromatic N) is 4. The molecule has 0 atom stereocenters. The van der Waals surface area contributed by atoms with Crippen LogP contribution in [0.2, 0.25) is 0 Å². The highest BCUT2D eigenvalue weighted by Crippen LogP contribution is 2.13. The van der Waals surface area contributed by atoms with Gasteiger partial charge in [-0.3, -0.25) is 4.99 Å². The highest BCUT2D eigenvalue weighted by atomic mass is 127. The molecule has 0 saturated heterocycles. The van der Waals surface area contributed by atoms with E-state index >= 15 is 0 Å². The lowest BCUT2D eigenvalue weighted by Crippen LogP contribution is -2.37. The Hall–Kier alpha value is -0.860. The van der Waals surface area contributed by atoms with E-state index in [0.717, 1.165) is 43.5 Å². The summed E-state index contributed by atoms with van der Waals surface area (Å²) in [6, 6.07) is 0. The molecule has 18 heavy (non-hydrogen) atoms. The monoisotopic (exact) mass is 364 g/mol. The molecule has 0 saturated carbocycles. The molecule has 0 amide bonds. The SMILES string of the molecule is CCCNC(=NC)NCc1nnc2n1CCC2.I. The highest BCUT2D eigenvalue weighted by Gasteiger charge is 2.16. The quantitative estimate of drug-likeness (QED) is 0.474. The predicted molar refractivity (Wildman–Crippen MR) is 82.3 cm³/mol. The number of rotatable bonds is 4. The first-order chi connectivity index (χ1) is 8.35. The summed E-state index contributed by atoms with van der Waals surface area (Å²) in [6.07, 6.45) is 3.32. The van der Waals surface area contributed by atoms with Gasteiger partial charge in [0, 0.05) is 26.6 Å². The molecule has 0 radical (unpaired) electrons. The van der Waals surface area contributed by atoms with Gasteiger partial charge in [0.05, 0.1) is 6.54 Å². The summed E-state index contributed by atoms with van der Waals surface area (Å²) in [5.41, 5.74) is 0. The Kier molecular flexibility index (Phi) is 6.37. The summed E-state index contributed by atoms with van der Waals surface area (Å²) in [7, 11) is 1.78. The first-order valence-electron chi connectivity index (χ1n) is 6.20. The zero-order chi connectivity index (χ0) is 12.1. The fourth-order valence-corrected chi connectivity index (χ4v) is 1.97. The lowest BCUT2D eigenvalue weighted by Gasteiger charge is -2.10. The van der Waals surface area contributed by atoms with Crippen molar-refractivity contribution in [1.29, 1.82) is 0 Å². The molecular formula is C11H21IN6. The van der Waals surface area contributed by atoms with Gasteiger partial charge in [0.1, 0.15) is 5.82 Å². The summed E-state index contributed by atoms with van der Waals surface area (Å²) in [5, 5.41) is 14.8. The maximum atomic E-state index is 4.19. The van der Waals surface area contributed by atoms with Crippen LogP contribution in [-0.2, 0) is 19.5 Å². The van der Waals surface area contributed by atoms with E-state index in [9.17, 15) is 0 Å². The number of hydrogen-bond acceptors (Lipinski definition) is 3. The van der Waals surface area contributed by atoms with Gasteiger partial charge < -0.3 is 15.2 Å². The van der Waals surface area contributed by atoms with E-state index in [1.54, 1.807) is 7.05 Å². The molecule has 6 nitrogen and oxygen atoms in total. The number of aryl methyl sites for hydroxylation is 1. The summed E-state index contributed by atoms with van der Waals surface area (Å²) in [5.74, 6) is 2.93. The molecule has 1 aliphatic rings. The Morgan fingerprint density at radius 3 is 2.94 bits per heavy atom. The molecule has 102 valence electrons. The second-order valence-corrected chi connectivity index (χ2v) is 4.14. The van der Waals surface area contributed by atoms with Gasteiger partial charge in [0.15, 0.2) is 11.8 Å². The predicted octanol–water partition coefficient (Wildman–Crippen LogP) is 0.917. The Morgan fingerprint density at radius 2 is 2.22 bits per heavy atom. The van der Waals surface area contributed by atoms with Gasteiger partial charge in [0.2, 0.25) is 0 Å². The van der Waals surface area contributed by atoms with Gasteiger partial charge in [0.25, 0.3) is 0 Å². The Labute approximate surface area is 125 Å². The number of aromatic nitrogens is 3. The van der Waals surface area contributed by atoms with E-state index in [2.05, 4.69) is 37.3 Å². The first kappa shape index (κ1) is 15.2. The van der Waals surface area contributed by atoms with Gasteiger partial charge >= 0.3 is 0 Å². The maximum Gasteiger partial charge on any atom is 0.191 e. The zero-order valence-corrected chi connectivity index (χ0v) is 13.3. The molecule has 0 fully saturated rings. The Morgan fingerprint density at radius 1 is 1.39 bits per heavy atom. The van der Waals surface area contributed by atoms with Crippen molar-refractivity contribution in [3.63, 3.8) is 0 Å². The largest absolute Gasteiger partial charge is 0.356 e. The van der Waals surface area contributed by atoms with Gasteiger partial charge in [-0.05, 0) is 12.8 Å². The molecule has 0 unspecified atom stereocenters. The number of halogens is 1. The normalized spacial score (nSPS) is 14.0. The average Bonchev–Trinajstić information content (AvgIpc) is 2.93. The van der Waals surface area contributed by atoms with E-state index in [1.807, 2.05) is 0 Å². The van der Waals surface area contributed by atoms with Crippen molar-refractivity contribution in [3.8, 4) is 0 Å². The van der Waals surface area contributed by atoms with Crippen molar-refractivity contribution >= 4 is 29.9 Å². The van der Waals surface area contributed by atoms with Crippen molar-refractivity contribution in [2.75, 3.05) is 13.6 Å². The van der Waals surface area contributed by atoms with Crippen LogP contribution in [0, 0.1) is 0 Å². The van der Waals surface area contributed by atoms with Crippen LogP contribution in [0.15, 0.2) is 4.99 Å². The maximum absolute atomic E-state index is 4.19. The van der Waals surface area contributed by atoms with Crippen LogP contribution in [-0.4, -0.2) is 34.3 Å². The number of guanidine groups is 1. The van der Waals surface area contributed by atoms with Crippen LogP contribution >= 0.6 is 24.0 Å². The van der Waals surface area contributed by atoms with E-state index in [4.69, 9.17) is 0 Å². The summed E-state index contributed by atoms with van der Waals surface area (Å²) >= 11 is 0. The van der Waals surface area contributed by atoms with E-state index in [-0.39, 0.29) is 24.0 Å². The van der Waals surface area contributed by atoms with Crippen molar-refractivity contribution < 1.29 is 0 Å². The van der Waals surface area contributed by atoms with Crippen molar-refractivity contribution in [2.24, 2.45) is 4.99 Å². The number of aliphatic imine (C=N–C) groups is 1. The summed E-state index contributed by atoms with van der Waals surface area (Å²) in [4.78, 5) is 4.16. The van der Waals surface area contributed by atoms with Crippen LogP contribution < -0.4 is 10.6 Å². The minimum absolute atomic E-state index is 0. The fraction of sp³-hybridized carbons (Fsp3) is 0.727. The Bertz CT molecular complexity index is 400. The molecule has 2 rings (SSSR count). The van der Waals surface area contributed by atoms with Gasteiger partial charge in [-0.2, -0.15) is 0 Å². The zero-order valence-electron chi connectivity index (χ0n) is 10.9. The van der Waals surface area contributed by atoms with E-state index < -0.39 is 0 Å². The number of fused-ring (bicyclic) bond motifs is 1. The third-order valence-corrected chi connectivity index (χ3v) is 2.87. The second kappa shape index (κ2) is 7.55. The smallest absolute Gasteiger partial charge is 0.191 e. The first-order valence-corrected chi connectivity index (χ1v) is 6.20. The molecule has 1 aromatic heterocycles. The van der Waals surface area contributed by atoms with Crippen LogP contribution in [0.1, 0.15) is 31.4 Å². The summed E-state index contributed by atoms with van der Waals surface area (Å²) in [6.45, 7) is 4.78. The number of nitrogens with one attached hydrogen (secondary N) is 2. The van der Waals surface area contributed by atoms with Crippen molar-refractivity contribution in [1.82, 2.24) is 25.4 Å². The lowest BCUT2D eigenvalue weighted by molar-refractivity contribution is 0.662. The van der Waals surface area contributed by atoms with Crippen LogP contribution in [0.25, 0.3) is 0 Å². The molecule has 0 spiro atoms. The van der Waals surface area contributed by atoms with Gasteiger partial charge in [-0.1, -0.05) is 6.92 Å². The highest BCUT2D eigenvalue weighted by molar-refractivity contribution is 14.0. The average molecular weight is 364 g/mol. The van der Waals surface area contributed by atoms with Crippen LogP contribution in [0.4, 0.5) is 0 Å². The molecule has 2 N–H and O–H groups in total. The minimum Gasteiger partial charge on any atom is -0.356 e. The molecule has 7 heteroatoms. The third kappa shape index (κ3) is 3.56. The van der Waals surface area contributed by atoms with Crippen molar-refractivity contribution in [2.45, 2.75) is 39.3 Å². The van der Waals surface area contributed by atoms with E-state index in [0.29, 0.717) is 6.54 Å². The minimum atomic E-state index is 0. The molecular weight excluding hydrogens is 343 g/mol. The molecule has 2 heterocycles. The van der Waals surface area contributed by atoms with Gasteiger partial charge in [-0.25, -0.2) is 0 Å². The third-order valence-electron chi connectivity index (χ3n) is 2.87. The van der Waals surface area contributed by atoms with Crippen LogP contribution in [0.5, 0.6) is 0 Å². The molecule has 0 aliphatic carbocycles. The Balaban J connectivity index is 0.00000162. The van der Waals surface area contributed by atoms with Crippen molar-refractivity contribution in [3.05, 3.63) is 11.6 Å². The number of hydrogen-bond donors (Lipinski definition) is 2. The molecule has 0 bridgehead atoms. The second-order valence-electron chi connectivity index (χ2n) is 4.14. The van der Waals surface area contributed by atoms with Crippen LogP contribution in [0.3, 0.4) is 0 Å². The topological polar surface area (TPSA) is 67.1 Å². The summed E-state index contributed by atoms with van der Waals surface area (Å²) < 4.78 is 2.19. The fourth-order valence-electron chi connectivity index (χ4n) is 1.97. The lowest BCUT2D eigenvalue weighted by atomic mass is 10.4. The van der Waals surface area contributed by atoms with E-state index in [1.165, 1.54) is 6.42 Å². The molecule has 0 aromatic carbocycles.